The minimum atomic E-state index is -0.181. The van der Waals surface area contributed by atoms with Gasteiger partial charge < -0.3 is 14.5 Å². The SMILES string of the molecule is C=CCc1ccccc1O[C@H](C)c1nc2ccc(OC)cc2[nH]1. The number of fused-ring (bicyclic) bond motifs is 1. The second-order valence-corrected chi connectivity index (χ2v) is 5.37. The smallest absolute Gasteiger partial charge is 0.153 e. The Kier molecular flexibility index (Phi) is 4.33. The van der Waals surface area contributed by atoms with Crippen LogP contribution in [-0.2, 0) is 6.42 Å². The minimum absolute atomic E-state index is 0.181. The highest BCUT2D eigenvalue weighted by Crippen LogP contribution is 2.26. The van der Waals surface area contributed by atoms with Gasteiger partial charge in [-0.2, -0.15) is 0 Å². The summed E-state index contributed by atoms with van der Waals surface area (Å²) in [7, 11) is 1.65. The average molecular weight is 308 g/mol. The van der Waals surface area contributed by atoms with Crippen molar-refractivity contribution in [2.24, 2.45) is 0 Å². The zero-order valence-corrected chi connectivity index (χ0v) is 13.4. The highest BCUT2D eigenvalue weighted by molar-refractivity contribution is 5.76. The molecule has 0 aliphatic heterocycles. The third-order valence-corrected chi connectivity index (χ3v) is 3.73. The van der Waals surface area contributed by atoms with Crippen LogP contribution in [-0.4, -0.2) is 17.1 Å². The third kappa shape index (κ3) is 3.21. The first-order valence-electron chi connectivity index (χ1n) is 7.60. The van der Waals surface area contributed by atoms with E-state index in [0.717, 1.165) is 40.3 Å². The fourth-order valence-corrected chi connectivity index (χ4v) is 2.52. The van der Waals surface area contributed by atoms with Crippen LogP contribution in [0.1, 0.15) is 24.4 Å². The molecule has 3 rings (SSSR count). The molecule has 3 aromatic rings. The van der Waals surface area contributed by atoms with Gasteiger partial charge in [0.05, 0.1) is 18.1 Å². The van der Waals surface area contributed by atoms with Gasteiger partial charge in [0.25, 0.3) is 0 Å². The maximum absolute atomic E-state index is 6.10. The Morgan fingerprint density at radius 2 is 2.09 bits per heavy atom. The molecule has 4 heteroatoms. The number of H-pyrrole nitrogens is 1. The molecule has 1 heterocycles. The number of aromatic amines is 1. The lowest BCUT2D eigenvalue weighted by Gasteiger charge is -2.15. The van der Waals surface area contributed by atoms with Crippen LogP contribution in [0.25, 0.3) is 11.0 Å². The molecule has 1 aromatic heterocycles. The number of nitrogens with one attached hydrogen (secondary N) is 1. The Labute approximate surface area is 135 Å². The number of rotatable bonds is 6. The van der Waals surface area contributed by atoms with E-state index in [1.807, 2.05) is 55.5 Å². The fraction of sp³-hybridized carbons (Fsp3) is 0.211. The lowest BCUT2D eigenvalue weighted by atomic mass is 10.1. The molecule has 0 spiro atoms. The Morgan fingerprint density at radius 3 is 2.87 bits per heavy atom. The van der Waals surface area contributed by atoms with Crippen LogP contribution in [0.2, 0.25) is 0 Å². The summed E-state index contributed by atoms with van der Waals surface area (Å²) in [6.45, 7) is 5.78. The van der Waals surface area contributed by atoms with E-state index in [2.05, 4.69) is 16.5 Å². The average Bonchev–Trinajstić information content (AvgIpc) is 3.00. The van der Waals surface area contributed by atoms with Crippen molar-refractivity contribution in [2.45, 2.75) is 19.4 Å². The number of para-hydroxylation sites is 1. The van der Waals surface area contributed by atoms with Crippen LogP contribution in [0.5, 0.6) is 11.5 Å². The van der Waals surface area contributed by atoms with E-state index >= 15 is 0 Å². The molecule has 0 bridgehead atoms. The standard InChI is InChI=1S/C19H20N2O2/c1-4-7-14-8-5-6-9-18(14)23-13(2)19-20-16-11-10-15(22-3)12-17(16)21-19/h4-6,8-13H,1,7H2,2-3H3,(H,20,21)/t13-/m1/s1. The number of imidazole rings is 1. The van der Waals surface area contributed by atoms with E-state index in [1.54, 1.807) is 7.11 Å². The molecule has 0 amide bonds. The number of hydrogen-bond donors (Lipinski definition) is 1. The van der Waals surface area contributed by atoms with Crippen molar-refractivity contribution in [1.82, 2.24) is 9.97 Å². The molecule has 23 heavy (non-hydrogen) atoms. The van der Waals surface area contributed by atoms with E-state index < -0.39 is 0 Å². The number of allylic oxidation sites excluding steroid dienone is 1. The topological polar surface area (TPSA) is 47.1 Å². The van der Waals surface area contributed by atoms with E-state index in [-0.39, 0.29) is 6.10 Å². The summed E-state index contributed by atoms with van der Waals surface area (Å²) in [6.07, 6.45) is 2.47. The minimum Gasteiger partial charge on any atom is -0.497 e. The summed E-state index contributed by atoms with van der Waals surface area (Å²) >= 11 is 0. The zero-order valence-electron chi connectivity index (χ0n) is 13.4. The van der Waals surface area contributed by atoms with Gasteiger partial charge in [0.1, 0.15) is 17.3 Å². The molecule has 0 saturated heterocycles. The fourth-order valence-electron chi connectivity index (χ4n) is 2.52. The predicted molar refractivity (Wildman–Crippen MR) is 92.0 cm³/mol. The number of hydrogen-bond acceptors (Lipinski definition) is 3. The van der Waals surface area contributed by atoms with E-state index in [4.69, 9.17) is 9.47 Å². The second-order valence-electron chi connectivity index (χ2n) is 5.37. The van der Waals surface area contributed by atoms with Gasteiger partial charge >= 0.3 is 0 Å². The summed E-state index contributed by atoms with van der Waals surface area (Å²) in [5.74, 6) is 2.46. The Balaban J connectivity index is 1.86. The van der Waals surface area contributed by atoms with E-state index in [0.29, 0.717) is 0 Å². The number of aromatic nitrogens is 2. The van der Waals surface area contributed by atoms with Crippen molar-refractivity contribution in [3.05, 3.63) is 66.5 Å². The van der Waals surface area contributed by atoms with Crippen molar-refractivity contribution >= 4 is 11.0 Å². The summed E-state index contributed by atoms with van der Waals surface area (Å²) in [5, 5.41) is 0. The molecule has 0 aliphatic rings. The van der Waals surface area contributed by atoms with Gasteiger partial charge in [0, 0.05) is 6.07 Å². The first-order chi connectivity index (χ1) is 11.2. The molecule has 0 unspecified atom stereocenters. The Bertz CT molecular complexity index is 823. The van der Waals surface area contributed by atoms with Crippen molar-refractivity contribution in [3.63, 3.8) is 0 Å². The van der Waals surface area contributed by atoms with Gasteiger partial charge in [0.15, 0.2) is 6.10 Å². The Hall–Kier alpha value is -2.75. The van der Waals surface area contributed by atoms with Gasteiger partial charge in [-0.05, 0) is 37.1 Å². The molecule has 0 radical (unpaired) electrons. The molecular weight excluding hydrogens is 288 g/mol. The van der Waals surface area contributed by atoms with E-state index in [9.17, 15) is 0 Å². The quantitative estimate of drug-likeness (QED) is 0.685. The lowest BCUT2D eigenvalue weighted by Crippen LogP contribution is -2.06. The molecule has 4 nitrogen and oxygen atoms in total. The first-order valence-corrected chi connectivity index (χ1v) is 7.60. The number of benzene rings is 2. The van der Waals surface area contributed by atoms with Crippen molar-refractivity contribution < 1.29 is 9.47 Å². The molecule has 1 N–H and O–H groups in total. The largest absolute Gasteiger partial charge is 0.497 e. The lowest BCUT2D eigenvalue weighted by molar-refractivity contribution is 0.216. The maximum Gasteiger partial charge on any atom is 0.153 e. The van der Waals surface area contributed by atoms with Crippen molar-refractivity contribution in [1.29, 1.82) is 0 Å². The van der Waals surface area contributed by atoms with Gasteiger partial charge in [-0.25, -0.2) is 4.98 Å². The number of methoxy groups -OCH3 is 1. The van der Waals surface area contributed by atoms with Crippen LogP contribution in [0.4, 0.5) is 0 Å². The summed E-state index contributed by atoms with van der Waals surface area (Å²) in [4.78, 5) is 7.91. The van der Waals surface area contributed by atoms with Crippen LogP contribution in [0.15, 0.2) is 55.1 Å². The second kappa shape index (κ2) is 6.57. The summed E-state index contributed by atoms with van der Waals surface area (Å²) in [6, 6.07) is 13.8. The molecule has 1 atom stereocenters. The monoisotopic (exact) mass is 308 g/mol. The van der Waals surface area contributed by atoms with Crippen LogP contribution in [0, 0.1) is 0 Å². The first kappa shape index (κ1) is 15.2. The van der Waals surface area contributed by atoms with Crippen LogP contribution in [0.3, 0.4) is 0 Å². The summed E-state index contributed by atoms with van der Waals surface area (Å²) < 4.78 is 11.3. The van der Waals surface area contributed by atoms with Crippen molar-refractivity contribution in [2.75, 3.05) is 7.11 Å². The zero-order chi connectivity index (χ0) is 16.2. The third-order valence-electron chi connectivity index (χ3n) is 3.73. The van der Waals surface area contributed by atoms with Crippen LogP contribution >= 0.6 is 0 Å². The normalized spacial score (nSPS) is 12.1. The molecule has 2 aromatic carbocycles. The van der Waals surface area contributed by atoms with Crippen molar-refractivity contribution in [3.8, 4) is 11.5 Å². The predicted octanol–water partition coefficient (Wildman–Crippen LogP) is 4.44. The van der Waals surface area contributed by atoms with E-state index in [1.165, 1.54) is 0 Å². The molecule has 118 valence electrons. The molecule has 0 aliphatic carbocycles. The molecular formula is C19H20N2O2. The highest BCUT2D eigenvalue weighted by Gasteiger charge is 2.14. The highest BCUT2D eigenvalue weighted by atomic mass is 16.5. The van der Waals surface area contributed by atoms with Gasteiger partial charge in [-0.1, -0.05) is 24.3 Å². The number of nitrogens with zero attached hydrogens (tertiary/aromatic N) is 1. The van der Waals surface area contributed by atoms with Crippen LogP contribution < -0.4 is 9.47 Å². The maximum atomic E-state index is 6.10. The van der Waals surface area contributed by atoms with Gasteiger partial charge in [0.2, 0.25) is 0 Å². The van der Waals surface area contributed by atoms with Gasteiger partial charge in [-0.15, -0.1) is 6.58 Å². The molecule has 0 fully saturated rings. The number of ether oxygens (including phenoxy) is 2. The Morgan fingerprint density at radius 1 is 1.26 bits per heavy atom. The molecule has 0 saturated carbocycles. The summed E-state index contributed by atoms with van der Waals surface area (Å²) in [5.41, 5.74) is 2.96. The van der Waals surface area contributed by atoms with Gasteiger partial charge in [-0.3, -0.25) is 0 Å².